The van der Waals surface area contributed by atoms with Gasteiger partial charge in [-0.1, -0.05) is 19.9 Å². The second kappa shape index (κ2) is 8.64. The molecule has 0 aliphatic heterocycles. The molecule has 0 atom stereocenters. The van der Waals surface area contributed by atoms with Crippen LogP contribution >= 0.6 is 0 Å². The highest BCUT2D eigenvalue weighted by Crippen LogP contribution is 2.25. The van der Waals surface area contributed by atoms with Crippen molar-refractivity contribution < 1.29 is 0 Å². The maximum Gasteiger partial charge on any atom is 0.201 e. The molecule has 2 N–H and O–H groups in total. The molecule has 0 fully saturated rings. The Balaban J connectivity index is 1.74. The molecule has 29 heavy (non-hydrogen) atoms. The van der Waals surface area contributed by atoms with Crippen molar-refractivity contribution in [3.8, 4) is 11.4 Å². The quantitative estimate of drug-likeness (QED) is 0.474. The zero-order valence-corrected chi connectivity index (χ0v) is 16.6. The van der Waals surface area contributed by atoms with Crippen molar-refractivity contribution in [2.24, 2.45) is 0 Å². The molecule has 0 spiro atoms. The van der Waals surface area contributed by atoms with Gasteiger partial charge in [0.1, 0.15) is 5.82 Å². The molecule has 4 aromatic heterocycles. The van der Waals surface area contributed by atoms with Crippen LogP contribution in [0.4, 0.5) is 11.5 Å². The summed E-state index contributed by atoms with van der Waals surface area (Å²) < 4.78 is 1.78. The first-order valence-electron chi connectivity index (χ1n) is 9.85. The van der Waals surface area contributed by atoms with Gasteiger partial charge in [-0.3, -0.25) is 9.97 Å². The molecule has 0 bridgehead atoms. The van der Waals surface area contributed by atoms with Crippen molar-refractivity contribution in [3.63, 3.8) is 0 Å². The molecule has 0 amide bonds. The topological polar surface area (TPSA) is 92.9 Å². The Morgan fingerprint density at radius 2 is 1.83 bits per heavy atom. The van der Waals surface area contributed by atoms with E-state index in [9.17, 15) is 0 Å². The number of nitrogens with one attached hydrogen (secondary N) is 2. The van der Waals surface area contributed by atoms with Crippen LogP contribution in [0.15, 0.2) is 55.0 Å². The highest BCUT2D eigenvalue weighted by atomic mass is 15.4. The summed E-state index contributed by atoms with van der Waals surface area (Å²) in [6, 6.07) is 12.0. The number of anilines is 2. The summed E-state index contributed by atoms with van der Waals surface area (Å²) in [5.74, 6) is 1.46. The van der Waals surface area contributed by atoms with Gasteiger partial charge in [0.05, 0.1) is 17.9 Å². The third-order valence-corrected chi connectivity index (χ3v) is 4.83. The Hall–Kier alpha value is -3.55. The molecular weight excluding hydrogens is 364 g/mol. The van der Waals surface area contributed by atoms with Gasteiger partial charge in [0.2, 0.25) is 5.65 Å². The Bertz CT molecular complexity index is 1060. The number of pyridine rings is 2. The third kappa shape index (κ3) is 4.16. The summed E-state index contributed by atoms with van der Waals surface area (Å²) >= 11 is 0. The van der Waals surface area contributed by atoms with Crippen molar-refractivity contribution in [1.82, 2.24) is 29.8 Å². The van der Waals surface area contributed by atoms with E-state index in [1.165, 1.54) is 0 Å². The normalized spacial score (nSPS) is 11.1. The van der Waals surface area contributed by atoms with Gasteiger partial charge < -0.3 is 10.6 Å². The van der Waals surface area contributed by atoms with Crippen molar-refractivity contribution in [2.45, 2.75) is 39.3 Å². The van der Waals surface area contributed by atoms with Crippen molar-refractivity contribution in [2.75, 3.05) is 10.6 Å². The molecule has 0 aliphatic carbocycles. The number of fused-ring (bicyclic) bond motifs is 1. The van der Waals surface area contributed by atoms with E-state index in [0.29, 0.717) is 24.1 Å². The second-order valence-corrected chi connectivity index (χ2v) is 6.77. The van der Waals surface area contributed by atoms with Crippen molar-refractivity contribution in [3.05, 3.63) is 60.7 Å². The van der Waals surface area contributed by atoms with E-state index in [2.05, 4.69) is 44.6 Å². The van der Waals surface area contributed by atoms with E-state index in [0.717, 1.165) is 35.6 Å². The van der Waals surface area contributed by atoms with E-state index in [-0.39, 0.29) is 0 Å². The van der Waals surface area contributed by atoms with Gasteiger partial charge >= 0.3 is 0 Å². The van der Waals surface area contributed by atoms with Crippen LogP contribution in [-0.2, 0) is 6.54 Å². The molecule has 8 heteroatoms. The van der Waals surface area contributed by atoms with E-state index in [1.54, 1.807) is 23.1 Å². The molecule has 0 unspecified atom stereocenters. The Kier molecular flexibility index (Phi) is 5.60. The molecule has 0 radical (unpaired) electrons. The van der Waals surface area contributed by atoms with Gasteiger partial charge in [0.15, 0.2) is 5.82 Å². The first-order chi connectivity index (χ1) is 14.3. The summed E-state index contributed by atoms with van der Waals surface area (Å²) in [5.41, 5.74) is 3.39. The zero-order valence-electron chi connectivity index (χ0n) is 16.6. The summed E-state index contributed by atoms with van der Waals surface area (Å²) in [4.78, 5) is 8.47. The molecule has 0 saturated carbocycles. The van der Waals surface area contributed by atoms with Crippen LogP contribution in [-0.4, -0.2) is 35.8 Å². The van der Waals surface area contributed by atoms with Crippen LogP contribution < -0.4 is 10.6 Å². The lowest BCUT2D eigenvalue weighted by Crippen LogP contribution is -2.19. The molecule has 0 aromatic carbocycles. The van der Waals surface area contributed by atoms with E-state index >= 15 is 0 Å². The molecule has 0 aliphatic rings. The monoisotopic (exact) mass is 388 g/mol. The minimum Gasteiger partial charge on any atom is -0.376 e. The Labute approximate surface area is 169 Å². The van der Waals surface area contributed by atoms with Crippen LogP contribution in [0.1, 0.15) is 32.4 Å². The number of hydrogen-bond acceptors (Lipinski definition) is 7. The molecule has 8 nitrogen and oxygen atoms in total. The average molecular weight is 388 g/mol. The van der Waals surface area contributed by atoms with Gasteiger partial charge in [-0.05, 0) is 37.1 Å². The smallest absolute Gasteiger partial charge is 0.201 e. The first-order valence-corrected chi connectivity index (χ1v) is 9.85. The lowest BCUT2D eigenvalue weighted by molar-refractivity contribution is 0.665. The van der Waals surface area contributed by atoms with Crippen LogP contribution in [0.5, 0.6) is 0 Å². The van der Waals surface area contributed by atoms with Gasteiger partial charge in [-0.15, -0.1) is 15.3 Å². The van der Waals surface area contributed by atoms with Crippen molar-refractivity contribution >= 4 is 17.2 Å². The first kappa shape index (κ1) is 18.8. The highest BCUT2D eigenvalue weighted by Gasteiger charge is 2.16. The number of nitrogens with zero attached hydrogens (tertiary/aromatic N) is 6. The Morgan fingerprint density at radius 3 is 2.55 bits per heavy atom. The Morgan fingerprint density at radius 1 is 1.00 bits per heavy atom. The molecule has 148 valence electrons. The minimum atomic E-state index is 0.351. The fraction of sp³-hybridized carbons (Fsp3) is 0.286. The SMILES string of the molecule is CCC(CC)Nc1cc(NCc2ccccn2)c2nnc(-c3ccncc3)n2n1. The average Bonchev–Trinajstić information content (AvgIpc) is 3.21. The fourth-order valence-corrected chi connectivity index (χ4v) is 3.15. The summed E-state index contributed by atoms with van der Waals surface area (Å²) in [5, 5.41) is 20.5. The maximum absolute atomic E-state index is 4.77. The predicted octanol–water partition coefficient (Wildman–Crippen LogP) is 3.79. The van der Waals surface area contributed by atoms with E-state index in [4.69, 9.17) is 5.10 Å². The van der Waals surface area contributed by atoms with E-state index < -0.39 is 0 Å². The van der Waals surface area contributed by atoms with Crippen LogP contribution in [0, 0.1) is 0 Å². The standard InChI is InChI=1S/C21H24N8/c1-3-16(4-2)25-19-13-18(24-14-17-7-5-6-10-23-17)21-27-26-20(29(21)28-19)15-8-11-22-12-9-15/h5-13,16,24H,3-4,14H2,1-2H3,(H,25,28). The summed E-state index contributed by atoms with van der Waals surface area (Å²) in [6.45, 7) is 4.92. The molecular formula is C21H24N8. The van der Waals surface area contributed by atoms with Gasteiger partial charge in [0.25, 0.3) is 0 Å². The second-order valence-electron chi connectivity index (χ2n) is 6.77. The minimum absolute atomic E-state index is 0.351. The number of hydrogen-bond donors (Lipinski definition) is 2. The fourth-order valence-electron chi connectivity index (χ4n) is 3.15. The zero-order chi connectivity index (χ0) is 20.1. The van der Waals surface area contributed by atoms with Crippen molar-refractivity contribution in [1.29, 1.82) is 0 Å². The maximum atomic E-state index is 4.77. The van der Waals surface area contributed by atoms with Crippen LogP contribution in [0.3, 0.4) is 0 Å². The lowest BCUT2D eigenvalue weighted by atomic mass is 10.2. The summed E-state index contributed by atoms with van der Waals surface area (Å²) in [6.07, 6.45) is 7.31. The van der Waals surface area contributed by atoms with Gasteiger partial charge in [0, 0.05) is 36.3 Å². The highest BCUT2D eigenvalue weighted by molar-refractivity contribution is 5.73. The predicted molar refractivity (Wildman–Crippen MR) is 114 cm³/mol. The largest absolute Gasteiger partial charge is 0.376 e. The van der Waals surface area contributed by atoms with E-state index in [1.807, 2.05) is 36.4 Å². The summed E-state index contributed by atoms with van der Waals surface area (Å²) in [7, 11) is 0. The third-order valence-electron chi connectivity index (χ3n) is 4.83. The number of aromatic nitrogens is 6. The molecule has 4 rings (SSSR count). The molecule has 4 heterocycles. The van der Waals surface area contributed by atoms with Gasteiger partial charge in [-0.25, -0.2) is 0 Å². The molecule has 0 saturated heterocycles. The molecule has 4 aromatic rings. The van der Waals surface area contributed by atoms with Crippen LogP contribution in [0.2, 0.25) is 0 Å². The number of rotatable bonds is 8. The lowest BCUT2D eigenvalue weighted by Gasteiger charge is -2.17. The van der Waals surface area contributed by atoms with Gasteiger partial charge in [-0.2, -0.15) is 4.52 Å². The van der Waals surface area contributed by atoms with Crippen LogP contribution in [0.25, 0.3) is 17.0 Å².